The molecule has 14 heavy (non-hydrogen) atoms. The Morgan fingerprint density at radius 2 is 2.14 bits per heavy atom. The fraction of sp³-hybridized carbons (Fsp3) is 0.556. The van der Waals surface area contributed by atoms with Crippen LogP contribution in [0.15, 0.2) is 17.0 Å². The lowest BCUT2D eigenvalue weighted by molar-refractivity contribution is 0.249. The van der Waals surface area contributed by atoms with Gasteiger partial charge in [-0.25, -0.2) is 9.97 Å². The Labute approximate surface area is 91.9 Å². The van der Waals surface area contributed by atoms with Gasteiger partial charge in [-0.2, -0.15) is 0 Å². The molecule has 4 nitrogen and oxygen atoms in total. The summed E-state index contributed by atoms with van der Waals surface area (Å²) in [5.74, 6) is 1.03. The summed E-state index contributed by atoms with van der Waals surface area (Å²) in [4.78, 5) is 8.15. The fourth-order valence-corrected chi connectivity index (χ4v) is 1.20. The zero-order chi connectivity index (χ0) is 10.6. The summed E-state index contributed by atoms with van der Waals surface area (Å²) in [5, 5.41) is 12.2. The summed E-state index contributed by atoms with van der Waals surface area (Å²) >= 11 is 3.21. The van der Waals surface area contributed by atoms with Crippen LogP contribution in [0.1, 0.15) is 13.8 Å². The molecular weight excluding hydrogens is 246 g/mol. The summed E-state index contributed by atoms with van der Waals surface area (Å²) in [7, 11) is 0. The lowest BCUT2D eigenvalue weighted by Crippen LogP contribution is -2.29. The van der Waals surface area contributed by atoms with Crippen LogP contribution in [-0.4, -0.2) is 27.7 Å². The van der Waals surface area contributed by atoms with Crippen molar-refractivity contribution < 1.29 is 5.11 Å². The maximum absolute atomic E-state index is 9.09. The standard InChI is InChI=1S/C9H14BrN3O/c1-6(2)7(5-14)13-9-4-11-8(10)3-12-9/h3-4,6-7,14H,5H2,1-2H3,(H,12,13). The zero-order valence-corrected chi connectivity index (χ0v) is 9.82. The van der Waals surface area contributed by atoms with Crippen molar-refractivity contribution in [2.75, 3.05) is 11.9 Å². The van der Waals surface area contributed by atoms with Gasteiger partial charge in [-0.05, 0) is 21.8 Å². The van der Waals surface area contributed by atoms with E-state index >= 15 is 0 Å². The van der Waals surface area contributed by atoms with Gasteiger partial charge in [-0.3, -0.25) is 0 Å². The molecule has 0 saturated heterocycles. The van der Waals surface area contributed by atoms with E-state index in [0.29, 0.717) is 16.3 Å². The predicted octanol–water partition coefficient (Wildman–Crippen LogP) is 1.67. The number of rotatable bonds is 4. The third-order valence-corrected chi connectivity index (χ3v) is 2.36. The Kier molecular flexibility index (Phi) is 4.28. The molecule has 0 fully saturated rings. The summed E-state index contributed by atoms with van der Waals surface area (Å²) in [5.41, 5.74) is 0. The first-order chi connectivity index (χ1) is 6.63. The number of anilines is 1. The van der Waals surface area contributed by atoms with Crippen LogP contribution in [0.3, 0.4) is 0 Å². The monoisotopic (exact) mass is 259 g/mol. The number of halogens is 1. The first kappa shape index (κ1) is 11.4. The molecule has 0 aliphatic heterocycles. The first-order valence-electron chi connectivity index (χ1n) is 4.48. The number of aliphatic hydroxyl groups is 1. The minimum Gasteiger partial charge on any atom is -0.394 e. The highest BCUT2D eigenvalue weighted by Gasteiger charge is 2.11. The van der Waals surface area contributed by atoms with E-state index in [1.807, 2.05) is 13.8 Å². The average Bonchev–Trinajstić information content (AvgIpc) is 2.16. The van der Waals surface area contributed by atoms with Crippen molar-refractivity contribution in [2.45, 2.75) is 19.9 Å². The zero-order valence-electron chi connectivity index (χ0n) is 8.24. The van der Waals surface area contributed by atoms with Crippen molar-refractivity contribution in [2.24, 2.45) is 5.92 Å². The van der Waals surface area contributed by atoms with Gasteiger partial charge in [-0.15, -0.1) is 0 Å². The molecule has 0 aliphatic carbocycles. The van der Waals surface area contributed by atoms with Gasteiger partial charge in [0, 0.05) is 0 Å². The normalized spacial score (nSPS) is 12.9. The van der Waals surface area contributed by atoms with Crippen molar-refractivity contribution >= 4 is 21.7 Å². The largest absolute Gasteiger partial charge is 0.394 e. The smallest absolute Gasteiger partial charge is 0.144 e. The van der Waals surface area contributed by atoms with Crippen LogP contribution in [0, 0.1) is 5.92 Å². The van der Waals surface area contributed by atoms with Crippen LogP contribution in [-0.2, 0) is 0 Å². The maximum Gasteiger partial charge on any atom is 0.144 e. The van der Waals surface area contributed by atoms with Crippen LogP contribution in [0.2, 0.25) is 0 Å². The molecule has 78 valence electrons. The van der Waals surface area contributed by atoms with Crippen LogP contribution < -0.4 is 5.32 Å². The third-order valence-electron chi connectivity index (χ3n) is 1.96. The van der Waals surface area contributed by atoms with Crippen molar-refractivity contribution in [1.82, 2.24) is 9.97 Å². The van der Waals surface area contributed by atoms with Gasteiger partial charge in [0.25, 0.3) is 0 Å². The summed E-state index contributed by atoms with van der Waals surface area (Å²) < 4.78 is 0.702. The van der Waals surface area contributed by atoms with E-state index in [-0.39, 0.29) is 12.6 Å². The Balaban J connectivity index is 2.63. The summed E-state index contributed by atoms with van der Waals surface area (Å²) in [6.45, 7) is 4.18. The molecule has 0 aliphatic rings. The van der Waals surface area contributed by atoms with Crippen LogP contribution in [0.4, 0.5) is 5.82 Å². The number of hydrogen-bond donors (Lipinski definition) is 2. The first-order valence-corrected chi connectivity index (χ1v) is 5.27. The lowest BCUT2D eigenvalue weighted by atomic mass is 10.1. The van der Waals surface area contributed by atoms with Gasteiger partial charge in [-0.1, -0.05) is 13.8 Å². The summed E-state index contributed by atoms with van der Waals surface area (Å²) in [6.07, 6.45) is 3.26. The maximum atomic E-state index is 9.09. The molecule has 1 heterocycles. The van der Waals surface area contributed by atoms with Crippen molar-refractivity contribution in [3.8, 4) is 0 Å². The molecule has 1 unspecified atom stereocenters. The molecule has 0 aromatic carbocycles. The highest BCUT2D eigenvalue weighted by Crippen LogP contribution is 2.10. The van der Waals surface area contributed by atoms with Gasteiger partial charge in [0.1, 0.15) is 10.4 Å². The molecule has 0 saturated carbocycles. The van der Waals surface area contributed by atoms with Gasteiger partial charge >= 0.3 is 0 Å². The minimum absolute atomic E-state index is 0.0190. The minimum atomic E-state index is 0.0190. The molecule has 0 radical (unpaired) electrons. The highest BCUT2D eigenvalue weighted by atomic mass is 79.9. The highest BCUT2D eigenvalue weighted by molar-refractivity contribution is 9.10. The summed E-state index contributed by atoms with van der Waals surface area (Å²) in [6, 6.07) is 0.0190. The van der Waals surface area contributed by atoms with Crippen molar-refractivity contribution in [3.05, 3.63) is 17.0 Å². The second-order valence-electron chi connectivity index (χ2n) is 3.40. The van der Waals surface area contributed by atoms with E-state index in [4.69, 9.17) is 5.11 Å². The van der Waals surface area contributed by atoms with Crippen LogP contribution in [0.25, 0.3) is 0 Å². The van der Waals surface area contributed by atoms with Gasteiger partial charge in [0.05, 0.1) is 25.0 Å². The SMILES string of the molecule is CC(C)C(CO)Nc1cnc(Br)cn1. The van der Waals surface area contributed by atoms with Crippen LogP contribution in [0.5, 0.6) is 0 Å². The van der Waals surface area contributed by atoms with E-state index in [0.717, 1.165) is 0 Å². The van der Waals surface area contributed by atoms with E-state index in [9.17, 15) is 0 Å². The molecule has 2 N–H and O–H groups in total. The molecule has 1 atom stereocenters. The Morgan fingerprint density at radius 1 is 1.43 bits per heavy atom. The van der Waals surface area contributed by atoms with Gasteiger partial charge in [0.15, 0.2) is 0 Å². The topological polar surface area (TPSA) is 58.0 Å². The molecule has 0 spiro atoms. The van der Waals surface area contributed by atoms with Gasteiger partial charge in [0.2, 0.25) is 0 Å². The predicted molar refractivity (Wildman–Crippen MR) is 59.1 cm³/mol. The van der Waals surface area contributed by atoms with Crippen molar-refractivity contribution in [3.63, 3.8) is 0 Å². The fourth-order valence-electron chi connectivity index (χ4n) is 1.000. The van der Waals surface area contributed by atoms with Crippen LogP contribution >= 0.6 is 15.9 Å². The van der Waals surface area contributed by atoms with E-state index < -0.39 is 0 Å². The third kappa shape index (κ3) is 3.23. The Morgan fingerprint density at radius 3 is 2.57 bits per heavy atom. The molecule has 1 rings (SSSR count). The molecule has 0 bridgehead atoms. The number of nitrogens with one attached hydrogen (secondary N) is 1. The lowest BCUT2D eigenvalue weighted by Gasteiger charge is -2.19. The molecule has 5 heteroatoms. The van der Waals surface area contributed by atoms with E-state index in [1.165, 1.54) is 0 Å². The molecule has 1 aromatic heterocycles. The van der Waals surface area contributed by atoms with Crippen molar-refractivity contribution in [1.29, 1.82) is 0 Å². The second-order valence-corrected chi connectivity index (χ2v) is 4.21. The Bertz CT molecular complexity index is 276. The van der Waals surface area contributed by atoms with E-state index in [1.54, 1.807) is 12.4 Å². The average molecular weight is 260 g/mol. The number of nitrogens with zero attached hydrogens (tertiary/aromatic N) is 2. The second kappa shape index (κ2) is 5.26. The Hall–Kier alpha value is -0.680. The quantitative estimate of drug-likeness (QED) is 0.864. The number of hydrogen-bond acceptors (Lipinski definition) is 4. The molecule has 1 aromatic rings. The number of aliphatic hydroxyl groups excluding tert-OH is 1. The number of aromatic nitrogens is 2. The van der Waals surface area contributed by atoms with E-state index in [2.05, 4.69) is 31.2 Å². The molecular formula is C9H14BrN3O. The molecule has 0 amide bonds. The van der Waals surface area contributed by atoms with Gasteiger partial charge < -0.3 is 10.4 Å².